The molecular weight excluding hydrogens is 462 g/mol. The van der Waals surface area contributed by atoms with Crippen LogP contribution in [0.2, 0.25) is 5.02 Å². The number of para-hydroxylation sites is 1. The van der Waals surface area contributed by atoms with Gasteiger partial charge in [0.1, 0.15) is 11.5 Å². The average Bonchev–Trinajstić information content (AvgIpc) is 3.29. The molecule has 180 valence electrons. The van der Waals surface area contributed by atoms with E-state index in [1.165, 1.54) is 5.56 Å². The number of aryl methyl sites for hydroxylation is 2. The van der Waals surface area contributed by atoms with Gasteiger partial charge in [-0.2, -0.15) is 5.10 Å². The fourth-order valence-corrected chi connectivity index (χ4v) is 3.94. The summed E-state index contributed by atoms with van der Waals surface area (Å²) in [5.74, 6) is 1.04. The van der Waals surface area contributed by atoms with Crippen LogP contribution in [0.15, 0.2) is 72.9 Å². The van der Waals surface area contributed by atoms with Gasteiger partial charge in [-0.05, 0) is 74.4 Å². The molecule has 0 aliphatic carbocycles. The molecule has 4 rings (SSSR count). The Labute approximate surface area is 210 Å². The van der Waals surface area contributed by atoms with Crippen LogP contribution in [0.5, 0.6) is 11.5 Å². The first-order valence-corrected chi connectivity index (χ1v) is 11.7. The van der Waals surface area contributed by atoms with Crippen LogP contribution in [-0.4, -0.2) is 28.9 Å². The molecule has 4 aromatic rings. The molecule has 1 amide bonds. The largest absolute Gasteiger partial charge is 0.495 e. The van der Waals surface area contributed by atoms with E-state index in [4.69, 9.17) is 26.2 Å². The highest BCUT2D eigenvalue weighted by Gasteiger charge is 2.18. The Balaban J connectivity index is 1.55. The van der Waals surface area contributed by atoms with Crippen molar-refractivity contribution in [3.8, 4) is 28.4 Å². The molecule has 0 saturated heterocycles. The van der Waals surface area contributed by atoms with Crippen LogP contribution in [-0.2, 0) is 11.3 Å². The maximum atomic E-state index is 12.8. The first kappa shape index (κ1) is 24.4. The van der Waals surface area contributed by atoms with E-state index in [2.05, 4.69) is 5.32 Å². The molecule has 0 fully saturated rings. The summed E-state index contributed by atoms with van der Waals surface area (Å²) in [4.78, 5) is 12.8. The van der Waals surface area contributed by atoms with Gasteiger partial charge in [0.05, 0.1) is 23.5 Å². The Morgan fingerprint density at radius 1 is 1.06 bits per heavy atom. The normalized spacial score (nSPS) is 11.7. The molecule has 6 nitrogen and oxygen atoms in total. The maximum absolute atomic E-state index is 12.8. The Morgan fingerprint density at radius 3 is 2.51 bits per heavy atom. The molecule has 1 aromatic heterocycles. The van der Waals surface area contributed by atoms with E-state index in [1.807, 2.05) is 80.7 Å². The van der Waals surface area contributed by atoms with Crippen LogP contribution in [0.1, 0.15) is 23.6 Å². The van der Waals surface area contributed by atoms with Crippen molar-refractivity contribution in [2.75, 3.05) is 7.11 Å². The number of nitrogens with one attached hydrogen (secondary N) is 1. The SMILES string of the molecule is COc1ccc(-c2nn(-c3ccccc3)cc2CNC(=O)C(C)Oc2ccc(C)c(C)c2)cc1Cl. The third kappa shape index (κ3) is 5.66. The minimum atomic E-state index is -0.653. The number of carbonyl (C=O) groups excluding carboxylic acids is 1. The van der Waals surface area contributed by atoms with Crippen molar-refractivity contribution in [2.45, 2.75) is 33.4 Å². The molecule has 1 N–H and O–H groups in total. The van der Waals surface area contributed by atoms with Gasteiger partial charge in [0, 0.05) is 23.9 Å². The summed E-state index contributed by atoms with van der Waals surface area (Å²) in [6, 6.07) is 21.1. The average molecular weight is 490 g/mol. The molecule has 0 saturated carbocycles. The number of carbonyl (C=O) groups is 1. The van der Waals surface area contributed by atoms with Gasteiger partial charge in [0.25, 0.3) is 5.91 Å². The first-order valence-electron chi connectivity index (χ1n) is 11.3. The van der Waals surface area contributed by atoms with E-state index in [0.29, 0.717) is 16.5 Å². The molecule has 7 heteroatoms. The summed E-state index contributed by atoms with van der Waals surface area (Å²) in [7, 11) is 1.58. The second-order valence-electron chi connectivity index (χ2n) is 8.36. The number of ether oxygens (including phenoxy) is 2. The molecule has 0 radical (unpaired) electrons. The van der Waals surface area contributed by atoms with Crippen molar-refractivity contribution in [1.29, 1.82) is 0 Å². The summed E-state index contributed by atoms with van der Waals surface area (Å²) < 4.78 is 12.9. The van der Waals surface area contributed by atoms with Crippen molar-refractivity contribution in [2.24, 2.45) is 0 Å². The minimum Gasteiger partial charge on any atom is -0.495 e. The highest BCUT2D eigenvalue weighted by Crippen LogP contribution is 2.31. The van der Waals surface area contributed by atoms with Gasteiger partial charge in [-0.25, -0.2) is 4.68 Å². The van der Waals surface area contributed by atoms with Crippen LogP contribution in [0.4, 0.5) is 0 Å². The summed E-state index contributed by atoms with van der Waals surface area (Å²) >= 11 is 6.38. The van der Waals surface area contributed by atoms with Gasteiger partial charge >= 0.3 is 0 Å². The predicted octanol–water partition coefficient (Wildman–Crippen LogP) is 5.90. The van der Waals surface area contributed by atoms with Gasteiger partial charge in [0.2, 0.25) is 0 Å². The number of amides is 1. The summed E-state index contributed by atoms with van der Waals surface area (Å²) in [6.07, 6.45) is 1.26. The van der Waals surface area contributed by atoms with Crippen molar-refractivity contribution < 1.29 is 14.3 Å². The highest BCUT2D eigenvalue weighted by atomic mass is 35.5. The fraction of sp³-hybridized carbons (Fsp3) is 0.214. The quantitative estimate of drug-likeness (QED) is 0.334. The van der Waals surface area contributed by atoms with Gasteiger partial charge in [-0.15, -0.1) is 0 Å². The number of halogens is 1. The van der Waals surface area contributed by atoms with Gasteiger partial charge in [0.15, 0.2) is 6.10 Å². The molecule has 0 aliphatic rings. The zero-order valence-corrected chi connectivity index (χ0v) is 21.0. The number of methoxy groups -OCH3 is 1. The lowest BCUT2D eigenvalue weighted by molar-refractivity contribution is -0.127. The number of hydrogen-bond donors (Lipinski definition) is 1. The Morgan fingerprint density at radius 2 is 1.83 bits per heavy atom. The number of aromatic nitrogens is 2. The van der Waals surface area contributed by atoms with Gasteiger partial charge in [-0.3, -0.25) is 4.79 Å². The van der Waals surface area contributed by atoms with Crippen LogP contribution in [0, 0.1) is 13.8 Å². The van der Waals surface area contributed by atoms with Gasteiger partial charge < -0.3 is 14.8 Å². The zero-order chi connectivity index (χ0) is 24.9. The molecule has 0 aliphatic heterocycles. The van der Waals surface area contributed by atoms with E-state index in [9.17, 15) is 4.79 Å². The van der Waals surface area contributed by atoms with Crippen molar-refractivity contribution in [3.63, 3.8) is 0 Å². The Bertz CT molecular complexity index is 1330. The molecule has 1 unspecified atom stereocenters. The van der Waals surface area contributed by atoms with E-state index >= 15 is 0 Å². The summed E-state index contributed by atoms with van der Waals surface area (Å²) in [6.45, 7) is 6.08. The Kier molecular flexibility index (Phi) is 7.42. The molecule has 1 heterocycles. The van der Waals surface area contributed by atoms with E-state index < -0.39 is 6.10 Å². The van der Waals surface area contributed by atoms with Crippen LogP contribution in [0.25, 0.3) is 16.9 Å². The van der Waals surface area contributed by atoms with Crippen molar-refractivity contribution in [3.05, 3.63) is 94.6 Å². The lowest BCUT2D eigenvalue weighted by Crippen LogP contribution is -2.35. The second-order valence-corrected chi connectivity index (χ2v) is 8.76. The predicted molar refractivity (Wildman–Crippen MR) is 138 cm³/mol. The molecular formula is C28H28ClN3O3. The number of nitrogens with zero attached hydrogens (tertiary/aromatic N) is 2. The molecule has 35 heavy (non-hydrogen) atoms. The minimum absolute atomic E-state index is 0.214. The summed E-state index contributed by atoms with van der Waals surface area (Å²) in [5.41, 5.74) is 5.61. The lowest BCUT2D eigenvalue weighted by atomic mass is 10.1. The smallest absolute Gasteiger partial charge is 0.261 e. The summed E-state index contributed by atoms with van der Waals surface area (Å²) in [5, 5.41) is 8.26. The monoisotopic (exact) mass is 489 g/mol. The number of rotatable bonds is 8. The second kappa shape index (κ2) is 10.7. The standard InChI is InChI=1S/C28H28ClN3O3/c1-18-10-12-24(14-19(18)2)35-20(3)28(33)30-16-22-17-32(23-8-6-5-7-9-23)31-27(22)21-11-13-26(34-4)25(29)15-21/h5-15,17,20H,16H2,1-4H3,(H,30,33). The maximum Gasteiger partial charge on any atom is 0.261 e. The third-order valence-electron chi connectivity index (χ3n) is 5.85. The van der Waals surface area contributed by atoms with Crippen molar-refractivity contribution >= 4 is 17.5 Å². The number of benzene rings is 3. The highest BCUT2D eigenvalue weighted by molar-refractivity contribution is 6.32. The molecule has 3 aromatic carbocycles. The topological polar surface area (TPSA) is 65.4 Å². The van der Waals surface area contributed by atoms with E-state index in [1.54, 1.807) is 24.8 Å². The first-order chi connectivity index (χ1) is 16.9. The number of hydrogen-bond acceptors (Lipinski definition) is 4. The van der Waals surface area contributed by atoms with E-state index in [-0.39, 0.29) is 12.5 Å². The molecule has 0 bridgehead atoms. The van der Waals surface area contributed by atoms with E-state index in [0.717, 1.165) is 28.1 Å². The van der Waals surface area contributed by atoms with Crippen LogP contribution < -0.4 is 14.8 Å². The fourth-order valence-electron chi connectivity index (χ4n) is 3.68. The Hall–Kier alpha value is -3.77. The molecule has 0 spiro atoms. The van der Waals surface area contributed by atoms with Crippen LogP contribution in [0.3, 0.4) is 0 Å². The van der Waals surface area contributed by atoms with Crippen LogP contribution >= 0.6 is 11.6 Å². The lowest BCUT2D eigenvalue weighted by Gasteiger charge is -2.15. The van der Waals surface area contributed by atoms with Crippen molar-refractivity contribution in [1.82, 2.24) is 15.1 Å². The zero-order valence-electron chi connectivity index (χ0n) is 20.2. The third-order valence-corrected chi connectivity index (χ3v) is 6.14. The molecule has 1 atom stereocenters. The van der Waals surface area contributed by atoms with Gasteiger partial charge in [-0.1, -0.05) is 35.9 Å².